The number of methoxy groups -OCH3 is 2. The molecule has 26 heavy (non-hydrogen) atoms. The Kier molecular flexibility index (Phi) is 5.43. The van der Waals surface area contributed by atoms with Gasteiger partial charge in [0.2, 0.25) is 0 Å². The third-order valence-electron chi connectivity index (χ3n) is 4.02. The van der Waals surface area contributed by atoms with E-state index >= 15 is 0 Å². The Bertz CT molecular complexity index is 918. The molecule has 0 amide bonds. The maximum Gasteiger partial charge on any atom is 0.323 e. The van der Waals surface area contributed by atoms with Crippen LogP contribution in [0.3, 0.4) is 0 Å². The van der Waals surface area contributed by atoms with Gasteiger partial charge in [0.1, 0.15) is 6.04 Å². The topological polar surface area (TPSA) is 88.1 Å². The van der Waals surface area contributed by atoms with Crippen molar-refractivity contribution in [2.24, 2.45) is 5.73 Å². The molecule has 1 atom stereocenters. The van der Waals surface area contributed by atoms with Crippen LogP contribution in [-0.2, 0) is 16.0 Å². The smallest absolute Gasteiger partial charge is 0.323 e. The molecule has 2 N–H and O–H groups in total. The van der Waals surface area contributed by atoms with Gasteiger partial charge in [-0.2, -0.15) is 0 Å². The lowest BCUT2D eigenvalue weighted by Crippen LogP contribution is -2.34. The van der Waals surface area contributed by atoms with Gasteiger partial charge in [-0.25, -0.2) is 4.98 Å². The fourth-order valence-electron chi connectivity index (χ4n) is 2.78. The number of carbonyl (C=O) groups is 1. The van der Waals surface area contributed by atoms with E-state index in [0.717, 1.165) is 21.9 Å². The predicted octanol–water partition coefficient (Wildman–Crippen LogP) is 2.51. The largest absolute Gasteiger partial charge is 0.493 e. The molecule has 0 aliphatic heterocycles. The van der Waals surface area contributed by atoms with Gasteiger partial charge in [-0.1, -0.05) is 0 Å². The van der Waals surface area contributed by atoms with E-state index in [0.29, 0.717) is 24.5 Å². The molecule has 0 spiro atoms. The Morgan fingerprint density at radius 3 is 2.77 bits per heavy atom. The molecule has 7 nitrogen and oxygen atoms in total. The molecule has 0 bridgehead atoms. The van der Waals surface area contributed by atoms with E-state index in [1.54, 1.807) is 21.1 Å². The van der Waals surface area contributed by atoms with Crippen molar-refractivity contribution in [3.8, 4) is 22.8 Å². The maximum absolute atomic E-state index is 12.0. The lowest BCUT2D eigenvalue weighted by atomic mass is 10.0. The molecule has 138 valence electrons. The van der Waals surface area contributed by atoms with Crippen molar-refractivity contribution in [1.82, 2.24) is 9.38 Å². The van der Waals surface area contributed by atoms with E-state index in [-0.39, 0.29) is 0 Å². The van der Waals surface area contributed by atoms with Gasteiger partial charge in [0.15, 0.2) is 16.5 Å². The van der Waals surface area contributed by atoms with Gasteiger partial charge in [0.25, 0.3) is 0 Å². The normalized spacial score (nSPS) is 12.2. The third-order valence-corrected chi connectivity index (χ3v) is 4.78. The van der Waals surface area contributed by atoms with Crippen LogP contribution in [0, 0.1) is 0 Å². The van der Waals surface area contributed by atoms with E-state index in [9.17, 15) is 4.79 Å². The average Bonchev–Trinajstić information content (AvgIpc) is 3.23. The van der Waals surface area contributed by atoms with E-state index in [2.05, 4.69) is 0 Å². The summed E-state index contributed by atoms with van der Waals surface area (Å²) in [5, 5.41) is 1.94. The van der Waals surface area contributed by atoms with Crippen molar-refractivity contribution in [3.05, 3.63) is 35.5 Å². The third kappa shape index (κ3) is 3.38. The molecular formula is C18H21N3O4S. The molecule has 8 heteroatoms. The number of imidazole rings is 1. The number of ether oxygens (including phenoxy) is 3. The molecular weight excluding hydrogens is 354 g/mol. The Morgan fingerprint density at radius 1 is 1.31 bits per heavy atom. The quantitative estimate of drug-likeness (QED) is 0.639. The van der Waals surface area contributed by atoms with Crippen molar-refractivity contribution in [2.45, 2.75) is 19.4 Å². The van der Waals surface area contributed by atoms with Gasteiger partial charge < -0.3 is 19.9 Å². The molecule has 0 saturated heterocycles. The summed E-state index contributed by atoms with van der Waals surface area (Å²) in [6, 6.07) is 4.85. The summed E-state index contributed by atoms with van der Waals surface area (Å²) >= 11 is 1.52. The lowest BCUT2D eigenvalue weighted by Gasteiger charge is -2.12. The second kappa shape index (κ2) is 7.76. The molecule has 0 aliphatic rings. The minimum Gasteiger partial charge on any atom is -0.493 e. The average molecular weight is 375 g/mol. The molecule has 0 saturated carbocycles. The monoisotopic (exact) mass is 375 g/mol. The van der Waals surface area contributed by atoms with Crippen LogP contribution in [0.5, 0.6) is 11.5 Å². The van der Waals surface area contributed by atoms with Crippen LogP contribution in [0.2, 0.25) is 0 Å². The fraction of sp³-hybridized carbons (Fsp3) is 0.333. The number of aromatic nitrogens is 2. The second-order valence-corrected chi connectivity index (χ2v) is 6.47. The van der Waals surface area contributed by atoms with Crippen molar-refractivity contribution < 1.29 is 19.0 Å². The summed E-state index contributed by atoms with van der Waals surface area (Å²) in [6.45, 7) is 2.06. The van der Waals surface area contributed by atoms with Crippen LogP contribution in [0.4, 0.5) is 0 Å². The first kappa shape index (κ1) is 18.2. The van der Waals surface area contributed by atoms with Crippen LogP contribution in [-0.4, -0.2) is 42.2 Å². The van der Waals surface area contributed by atoms with Crippen molar-refractivity contribution in [1.29, 1.82) is 0 Å². The van der Waals surface area contributed by atoms with E-state index in [1.807, 2.05) is 34.2 Å². The Balaban J connectivity index is 2.04. The predicted molar refractivity (Wildman–Crippen MR) is 99.9 cm³/mol. The number of hydrogen-bond acceptors (Lipinski definition) is 7. The number of fused-ring (bicyclic) bond motifs is 1. The maximum atomic E-state index is 12.0. The minimum atomic E-state index is -0.756. The van der Waals surface area contributed by atoms with Gasteiger partial charge >= 0.3 is 5.97 Å². The second-order valence-electron chi connectivity index (χ2n) is 5.60. The van der Waals surface area contributed by atoms with Gasteiger partial charge in [-0.05, 0) is 25.1 Å². The zero-order valence-electron chi connectivity index (χ0n) is 14.9. The first-order chi connectivity index (χ1) is 12.6. The highest BCUT2D eigenvalue weighted by atomic mass is 32.1. The van der Waals surface area contributed by atoms with Crippen molar-refractivity contribution >= 4 is 22.3 Å². The SMILES string of the molecule is CCOC(=O)C(N)Cc1c(-c2ccc(OC)c(OC)c2)nc2sccn12. The Hall–Kier alpha value is -2.58. The van der Waals surface area contributed by atoms with Crippen LogP contribution >= 0.6 is 11.3 Å². The highest BCUT2D eigenvalue weighted by Crippen LogP contribution is 2.34. The van der Waals surface area contributed by atoms with Crippen molar-refractivity contribution in [3.63, 3.8) is 0 Å². The summed E-state index contributed by atoms with van der Waals surface area (Å²) in [5.74, 6) is 0.833. The van der Waals surface area contributed by atoms with Gasteiger partial charge in [0.05, 0.1) is 32.2 Å². The first-order valence-electron chi connectivity index (χ1n) is 8.18. The zero-order chi connectivity index (χ0) is 18.7. The summed E-state index contributed by atoms with van der Waals surface area (Å²) in [4.78, 5) is 17.5. The number of rotatable bonds is 7. The number of nitrogens with two attached hydrogens (primary N) is 1. The Labute approximate surface area is 155 Å². The zero-order valence-corrected chi connectivity index (χ0v) is 15.7. The number of thiazole rings is 1. The van der Waals surface area contributed by atoms with Crippen LogP contribution < -0.4 is 15.2 Å². The van der Waals surface area contributed by atoms with Gasteiger partial charge in [-0.3, -0.25) is 9.20 Å². The lowest BCUT2D eigenvalue weighted by molar-refractivity contribution is -0.144. The highest BCUT2D eigenvalue weighted by Gasteiger charge is 2.22. The molecule has 3 rings (SSSR count). The molecule has 3 aromatic rings. The van der Waals surface area contributed by atoms with E-state index in [1.165, 1.54) is 11.3 Å². The van der Waals surface area contributed by atoms with E-state index in [4.69, 9.17) is 24.9 Å². The number of nitrogens with zero attached hydrogens (tertiary/aromatic N) is 2. The summed E-state index contributed by atoms with van der Waals surface area (Å²) in [5.41, 5.74) is 8.53. The number of esters is 1. The fourth-order valence-corrected chi connectivity index (χ4v) is 3.52. The molecule has 1 aromatic carbocycles. The van der Waals surface area contributed by atoms with Crippen LogP contribution in [0.1, 0.15) is 12.6 Å². The molecule has 0 radical (unpaired) electrons. The standard InChI is InChI=1S/C18H21N3O4S/c1-4-25-17(22)12(19)10-13-16(20-18-21(13)7-8-26-18)11-5-6-14(23-2)15(9-11)24-3/h5-9,12H,4,10,19H2,1-3H3. The van der Waals surface area contributed by atoms with Crippen LogP contribution in [0.15, 0.2) is 29.8 Å². The molecule has 0 aliphatic carbocycles. The summed E-state index contributed by atoms with van der Waals surface area (Å²) in [7, 11) is 3.18. The number of carbonyl (C=O) groups excluding carboxylic acids is 1. The summed E-state index contributed by atoms with van der Waals surface area (Å²) < 4.78 is 17.7. The van der Waals surface area contributed by atoms with Gasteiger partial charge in [0, 0.05) is 23.6 Å². The van der Waals surface area contributed by atoms with Crippen LogP contribution in [0.25, 0.3) is 16.2 Å². The number of hydrogen-bond donors (Lipinski definition) is 1. The highest BCUT2D eigenvalue weighted by molar-refractivity contribution is 7.15. The summed E-state index contributed by atoms with van der Waals surface area (Å²) in [6.07, 6.45) is 2.24. The number of benzene rings is 1. The molecule has 1 unspecified atom stereocenters. The minimum absolute atomic E-state index is 0.301. The molecule has 2 heterocycles. The van der Waals surface area contributed by atoms with E-state index < -0.39 is 12.0 Å². The molecule has 0 fully saturated rings. The van der Waals surface area contributed by atoms with Gasteiger partial charge in [-0.15, -0.1) is 11.3 Å². The molecule has 2 aromatic heterocycles. The Morgan fingerprint density at radius 2 is 2.08 bits per heavy atom. The first-order valence-corrected chi connectivity index (χ1v) is 9.06. The van der Waals surface area contributed by atoms with Crippen molar-refractivity contribution in [2.75, 3.05) is 20.8 Å².